The lowest BCUT2D eigenvalue weighted by Gasteiger charge is -2.04. The molecular formula is C8H6F4N2. The normalized spacial score (nSPS) is 13.0. The molecule has 0 spiro atoms. The van der Waals surface area contributed by atoms with Crippen LogP contribution in [0.3, 0.4) is 0 Å². The molecule has 0 amide bonds. The zero-order valence-electron chi connectivity index (χ0n) is 6.85. The number of hydrogen-bond acceptors (Lipinski definition) is 1. The molecule has 0 aliphatic heterocycles. The van der Waals surface area contributed by atoms with Crippen LogP contribution < -0.4 is 5.73 Å². The first-order valence-electron chi connectivity index (χ1n) is 3.57. The molecule has 0 fully saturated rings. The van der Waals surface area contributed by atoms with E-state index in [-0.39, 0.29) is 0 Å². The second-order valence-electron chi connectivity index (χ2n) is 2.45. The number of halogens is 4. The Balaban J connectivity index is 3.04. The highest BCUT2D eigenvalue weighted by molar-refractivity contribution is 5.88. The van der Waals surface area contributed by atoms with Gasteiger partial charge < -0.3 is 5.73 Å². The second kappa shape index (κ2) is 3.65. The van der Waals surface area contributed by atoms with Gasteiger partial charge in [-0.2, -0.15) is 13.2 Å². The van der Waals surface area contributed by atoms with Gasteiger partial charge in [-0.15, -0.1) is 0 Å². The highest BCUT2D eigenvalue weighted by Gasteiger charge is 2.33. The molecule has 0 unspecified atom stereocenters. The molecule has 0 heterocycles. The van der Waals surface area contributed by atoms with E-state index in [1.165, 1.54) is 12.1 Å². The van der Waals surface area contributed by atoms with Gasteiger partial charge in [0, 0.05) is 0 Å². The number of hydrogen-bond donors (Lipinski definition) is 1. The SMILES string of the molecule is NC(=Nc1ccccc1F)C(F)(F)F. The Morgan fingerprint density at radius 1 is 1.21 bits per heavy atom. The van der Waals surface area contributed by atoms with Crippen molar-refractivity contribution < 1.29 is 17.6 Å². The molecule has 0 aromatic heterocycles. The lowest BCUT2D eigenvalue weighted by molar-refractivity contribution is -0.0597. The number of alkyl halides is 3. The molecule has 0 saturated carbocycles. The molecular weight excluding hydrogens is 200 g/mol. The van der Waals surface area contributed by atoms with E-state index >= 15 is 0 Å². The van der Waals surface area contributed by atoms with Crippen molar-refractivity contribution in [3.05, 3.63) is 30.1 Å². The minimum atomic E-state index is -4.73. The van der Waals surface area contributed by atoms with Gasteiger partial charge in [0.25, 0.3) is 0 Å². The summed E-state index contributed by atoms with van der Waals surface area (Å²) in [5.74, 6) is -2.41. The van der Waals surface area contributed by atoms with Gasteiger partial charge in [-0.1, -0.05) is 12.1 Å². The first-order valence-corrected chi connectivity index (χ1v) is 3.57. The maximum absolute atomic E-state index is 12.8. The first kappa shape index (κ1) is 10.5. The van der Waals surface area contributed by atoms with E-state index in [0.717, 1.165) is 12.1 Å². The van der Waals surface area contributed by atoms with Crippen molar-refractivity contribution in [2.24, 2.45) is 10.7 Å². The fourth-order valence-electron chi connectivity index (χ4n) is 0.736. The van der Waals surface area contributed by atoms with E-state index in [1.807, 2.05) is 0 Å². The molecule has 0 atom stereocenters. The van der Waals surface area contributed by atoms with Crippen LogP contribution in [0.1, 0.15) is 0 Å². The van der Waals surface area contributed by atoms with E-state index in [9.17, 15) is 17.6 Å². The number of benzene rings is 1. The zero-order chi connectivity index (χ0) is 10.8. The van der Waals surface area contributed by atoms with Crippen LogP contribution in [-0.2, 0) is 0 Å². The molecule has 0 bridgehead atoms. The van der Waals surface area contributed by atoms with Crippen molar-refractivity contribution in [1.29, 1.82) is 0 Å². The average Bonchev–Trinajstić information content (AvgIpc) is 2.07. The Morgan fingerprint density at radius 3 is 2.29 bits per heavy atom. The van der Waals surface area contributed by atoms with Crippen molar-refractivity contribution >= 4 is 11.5 Å². The van der Waals surface area contributed by atoms with Gasteiger partial charge in [-0.25, -0.2) is 9.38 Å². The summed E-state index contributed by atoms with van der Waals surface area (Å²) in [7, 11) is 0. The molecule has 14 heavy (non-hydrogen) atoms. The predicted octanol–water partition coefficient (Wildman–Crippen LogP) is 2.38. The summed E-state index contributed by atoms with van der Waals surface area (Å²) >= 11 is 0. The highest BCUT2D eigenvalue weighted by atomic mass is 19.4. The van der Waals surface area contributed by atoms with E-state index in [0.29, 0.717) is 0 Å². The first-order chi connectivity index (χ1) is 6.41. The Labute approximate surface area is 77.1 Å². The van der Waals surface area contributed by atoms with Gasteiger partial charge in [0.15, 0.2) is 0 Å². The van der Waals surface area contributed by atoms with E-state index in [1.54, 1.807) is 0 Å². The van der Waals surface area contributed by atoms with Crippen LogP contribution in [0, 0.1) is 5.82 Å². The zero-order valence-corrected chi connectivity index (χ0v) is 6.85. The van der Waals surface area contributed by atoms with Gasteiger partial charge in [0.1, 0.15) is 11.5 Å². The molecule has 0 radical (unpaired) electrons. The summed E-state index contributed by atoms with van der Waals surface area (Å²) < 4.78 is 48.5. The summed E-state index contributed by atoms with van der Waals surface area (Å²) in [4.78, 5) is 2.92. The van der Waals surface area contributed by atoms with Crippen LogP contribution in [0.4, 0.5) is 23.2 Å². The van der Waals surface area contributed by atoms with Crippen molar-refractivity contribution in [2.45, 2.75) is 6.18 Å². The van der Waals surface area contributed by atoms with Gasteiger partial charge in [-0.05, 0) is 12.1 Å². The summed E-state index contributed by atoms with van der Waals surface area (Å²) in [6.45, 7) is 0. The highest BCUT2D eigenvalue weighted by Crippen LogP contribution is 2.21. The summed E-state index contributed by atoms with van der Waals surface area (Å²) in [5.41, 5.74) is 4.18. The van der Waals surface area contributed by atoms with Crippen LogP contribution in [0.5, 0.6) is 0 Å². The van der Waals surface area contributed by atoms with Gasteiger partial charge in [-0.3, -0.25) is 0 Å². The largest absolute Gasteiger partial charge is 0.448 e. The molecule has 2 N–H and O–H groups in total. The summed E-state index contributed by atoms with van der Waals surface area (Å²) in [6.07, 6.45) is -4.73. The lowest BCUT2D eigenvalue weighted by atomic mass is 10.3. The molecule has 1 aromatic carbocycles. The Morgan fingerprint density at radius 2 is 1.79 bits per heavy atom. The maximum atomic E-state index is 12.8. The quantitative estimate of drug-likeness (QED) is 0.427. The minimum absolute atomic E-state index is 0.428. The van der Waals surface area contributed by atoms with Crippen molar-refractivity contribution in [3.63, 3.8) is 0 Å². The topological polar surface area (TPSA) is 38.4 Å². The summed E-state index contributed by atoms with van der Waals surface area (Å²) in [6, 6.07) is 4.82. The van der Waals surface area contributed by atoms with Gasteiger partial charge in [0.2, 0.25) is 5.84 Å². The molecule has 6 heteroatoms. The maximum Gasteiger partial charge on any atom is 0.448 e. The minimum Gasteiger partial charge on any atom is -0.380 e. The number of nitrogens with zero attached hydrogens (tertiary/aromatic N) is 1. The van der Waals surface area contributed by atoms with Crippen LogP contribution in [0.2, 0.25) is 0 Å². The van der Waals surface area contributed by atoms with Gasteiger partial charge >= 0.3 is 6.18 Å². The van der Waals surface area contributed by atoms with Crippen LogP contribution >= 0.6 is 0 Å². The smallest absolute Gasteiger partial charge is 0.380 e. The molecule has 0 aliphatic rings. The van der Waals surface area contributed by atoms with Crippen molar-refractivity contribution in [2.75, 3.05) is 0 Å². The van der Waals surface area contributed by atoms with Crippen molar-refractivity contribution in [3.8, 4) is 0 Å². The monoisotopic (exact) mass is 206 g/mol. The van der Waals surface area contributed by atoms with E-state index < -0.39 is 23.5 Å². The lowest BCUT2D eigenvalue weighted by Crippen LogP contribution is -2.30. The van der Waals surface area contributed by atoms with E-state index in [2.05, 4.69) is 10.7 Å². The number of aliphatic imine (C=N–C) groups is 1. The number of nitrogens with two attached hydrogens (primary N) is 1. The number of amidine groups is 1. The Kier molecular flexibility index (Phi) is 2.73. The van der Waals surface area contributed by atoms with Crippen LogP contribution in [0.15, 0.2) is 29.3 Å². The Hall–Kier alpha value is -1.59. The third-order valence-corrected chi connectivity index (χ3v) is 1.38. The van der Waals surface area contributed by atoms with E-state index in [4.69, 9.17) is 0 Å². The third kappa shape index (κ3) is 2.45. The predicted molar refractivity (Wildman–Crippen MR) is 43.7 cm³/mol. The number of para-hydroxylation sites is 1. The van der Waals surface area contributed by atoms with Crippen molar-refractivity contribution in [1.82, 2.24) is 0 Å². The molecule has 0 aliphatic carbocycles. The second-order valence-corrected chi connectivity index (χ2v) is 2.45. The number of rotatable bonds is 1. The third-order valence-electron chi connectivity index (χ3n) is 1.38. The van der Waals surface area contributed by atoms with Crippen LogP contribution in [-0.4, -0.2) is 12.0 Å². The molecule has 0 saturated heterocycles. The fraction of sp³-hybridized carbons (Fsp3) is 0.125. The molecule has 2 nitrogen and oxygen atoms in total. The average molecular weight is 206 g/mol. The Bertz CT molecular complexity index is 357. The molecule has 1 rings (SSSR count). The standard InChI is InChI=1S/C8H6F4N2/c9-5-3-1-2-4-6(5)14-7(13)8(10,11)12/h1-4H,(H2,13,14). The molecule has 1 aromatic rings. The molecule has 76 valence electrons. The van der Waals surface area contributed by atoms with Crippen LogP contribution in [0.25, 0.3) is 0 Å². The summed E-state index contributed by atoms with van der Waals surface area (Å²) in [5, 5.41) is 0. The fourth-order valence-corrected chi connectivity index (χ4v) is 0.736. The van der Waals surface area contributed by atoms with Gasteiger partial charge in [0.05, 0.1) is 0 Å².